The Hall–Kier alpha value is -0.120. The van der Waals surface area contributed by atoms with Crippen LogP contribution < -0.4 is 5.73 Å². The van der Waals surface area contributed by atoms with E-state index in [-0.39, 0.29) is 0 Å². The summed E-state index contributed by atoms with van der Waals surface area (Å²) in [6, 6.07) is 0. The highest BCUT2D eigenvalue weighted by molar-refractivity contribution is 4.72. The highest BCUT2D eigenvalue weighted by atomic mass is 16.5. The SMILES string of the molecule is CC1CN(CCCCN)CC(C)O1. The lowest BCUT2D eigenvalue weighted by molar-refractivity contribution is -0.0681. The largest absolute Gasteiger partial charge is 0.373 e. The first-order chi connectivity index (χ1) is 6.22. The van der Waals surface area contributed by atoms with Crippen molar-refractivity contribution in [2.75, 3.05) is 26.2 Å². The van der Waals surface area contributed by atoms with Gasteiger partial charge in [-0.3, -0.25) is 4.90 Å². The molecule has 0 aromatic heterocycles. The fourth-order valence-corrected chi connectivity index (χ4v) is 1.95. The Morgan fingerprint density at radius 3 is 2.38 bits per heavy atom. The molecule has 1 aliphatic rings. The molecular formula is C10H22N2O. The number of hydrogen-bond acceptors (Lipinski definition) is 3. The normalized spacial score (nSPS) is 30.7. The highest BCUT2D eigenvalue weighted by Gasteiger charge is 2.21. The van der Waals surface area contributed by atoms with Crippen LogP contribution in [-0.2, 0) is 4.74 Å². The molecule has 1 fully saturated rings. The third-order valence-corrected chi connectivity index (χ3v) is 2.42. The summed E-state index contributed by atoms with van der Waals surface area (Å²) in [4.78, 5) is 2.48. The zero-order valence-electron chi connectivity index (χ0n) is 8.83. The maximum atomic E-state index is 5.66. The van der Waals surface area contributed by atoms with Gasteiger partial charge in [-0.05, 0) is 39.8 Å². The topological polar surface area (TPSA) is 38.5 Å². The monoisotopic (exact) mass is 186 g/mol. The lowest BCUT2D eigenvalue weighted by atomic mass is 10.2. The lowest BCUT2D eigenvalue weighted by Crippen LogP contribution is -2.45. The van der Waals surface area contributed by atoms with Crippen molar-refractivity contribution >= 4 is 0 Å². The molecule has 0 aliphatic carbocycles. The lowest BCUT2D eigenvalue weighted by Gasteiger charge is -2.35. The van der Waals surface area contributed by atoms with Crippen molar-refractivity contribution in [2.24, 2.45) is 5.73 Å². The number of morpholine rings is 1. The number of nitrogens with two attached hydrogens (primary N) is 1. The first-order valence-corrected chi connectivity index (χ1v) is 5.30. The van der Waals surface area contributed by atoms with E-state index < -0.39 is 0 Å². The minimum absolute atomic E-state index is 0.390. The van der Waals surface area contributed by atoms with Gasteiger partial charge in [0.1, 0.15) is 0 Å². The van der Waals surface area contributed by atoms with Gasteiger partial charge in [-0.25, -0.2) is 0 Å². The summed E-state index contributed by atoms with van der Waals surface area (Å²) in [5.74, 6) is 0. The molecule has 2 unspecified atom stereocenters. The van der Waals surface area contributed by atoms with Gasteiger partial charge in [-0.2, -0.15) is 0 Å². The third kappa shape index (κ3) is 4.07. The van der Waals surface area contributed by atoms with Gasteiger partial charge in [0.25, 0.3) is 0 Å². The average molecular weight is 186 g/mol. The summed E-state index contributed by atoms with van der Waals surface area (Å²) in [6.45, 7) is 8.44. The molecule has 3 heteroatoms. The van der Waals surface area contributed by atoms with Crippen molar-refractivity contribution in [3.63, 3.8) is 0 Å². The zero-order chi connectivity index (χ0) is 9.68. The van der Waals surface area contributed by atoms with Crippen LogP contribution in [0.5, 0.6) is 0 Å². The smallest absolute Gasteiger partial charge is 0.0678 e. The molecule has 0 aromatic rings. The van der Waals surface area contributed by atoms with Crippen LogP contribution >= 0.6 is 0 Å². The molecule has 1 heterocycles. The standard InChI is InChI=1S/C10H22N2O/c1-9-7-12(6-4-3-5-11)8-10(2)13-9/h9-10H,3-8,11H2,1-2H3. The van der Waals surface area contributed by atoms with Crippen molar-refractivity contribution in [3.8, 4) is 0 Å². The fourth-order valence-electron chi connectivity index (χ4n) is 1.95. The van der Waals surface area contributed by atoms with E-state index in [1.54, 1.807) is 0 Å². The maximum Gasteiger partial charge on any atom is 0.0678 e. The first kappa shape index (κ1) is 11.0. The second-order valence-corrected chi connectivity index (χ2v) is 4.01. The van der Waals surface area contributed by atoms with E-state index in [0.717, 1.165) is 26.1 Å². The molecule has 0 saturated carbocycles. The summed E-state index contributed by atoms with van der Waals surface area (Å²) < 4.78 is 5.66. The minimum atomic E-state index is 0.390. The Morgan fingerprint density at radius 1 is 1.23 bits per heavy atom. The molecule has 0 radical (unpaired) electrons. The second-order valence-electron chi connectivity index (χ2n) is 4.01. The summed E-state index contributed by atoms with van der Waals surface area (Å²) in [7, 11) is 0. The summed E-state index contributed by atoms with van der Waals surface area (Å²) >= 11 is 0. The van der Waals surface area contributed by atoms with E-state index in [0.29, 0.717) is 12.2 Å². The van der Waals surface area contributed by atoms with Crippen molar-refractivity contribution < 1.29 is 4.74 Å². The second kappa shape index (κ2) is 5.58. The highest BCUT2D eigenvalue weighted by Crippen LogP contribution is 2.10. The number of rotatable bonds is 4. The van der Waals surface area contributed by atoms with Gasteiger partial charge in [0.05, 0.1) is 12.2 Å². The number of ether oxygens (including phenoxy) is 1. The molecule has 2 N–H and O–H groups in total. The Bertz CT molecular complexity index is 131. The minimum Gasteiger partial charge on any atom is -0.373 e. The van der Waals surface area contributed by atoms with Crippen LogP contribution in [0.4, 0.5) is 0 Å². The Kier molecular flexibility index (Phi) is 4.70. The molecule has 2 atom stereocenters. The van der Waals surface area contributed by atoms with Crippen LogP contribution in [0.2, 0.25) is 0 Å². The van der Waals surface area contributed by atoms with Gasteiger partial charge in [0.2, 0.25) is 0 Å². The van der Waals surface area contributed by atoms with Gasteiger partial charge in [-0.15, -0.1) is 0 Å². The van der Waals surface area contributed by atoms with Gasteiger partial charge in [0, 0.05) is 13.1 Å². The maximum absolute atomic E-state index is 5.66. The predicted molar refractivity (Wildman–Crippen MR) is 54.7 cm³/mol. The molecule has 0 spiro atoms. The summed E-state index contributed by atoms with van der Waals surface area (Å²) in [5.41, 5.74) is 5.46. The summed E-state index contributed by atoms with van der Waals surface area (Å²) in [6.07, 6.45) is 3.14. The van der Waals surface area contributed by atoms with Crippen LogP contribution in [-0.4, -0.2) is 43.3 Å². The zero-order valence-corrected chi connectivity index (χ0v) is 8.83. The number of hydrogen-bond donors (Lipinski definition) is 1. The van der Waals surface area contributed by atoms with E-state index in [2.05, 4.69) is 18.7 Å². The van der Waals surface area contributed by atoms with Crippen LogP contribution in [0.25, 0.3) is 0 Å². The Morgan fingerprint density at radius 2 is 1.85 bits per heavy atom. The predicted octanol–water partition coefficient (Wildman–Crippen LogP) is 0.834. The van der Waals surface area contributed by atoms with Crippen molar-refractivity contribution in [2.45, 2.75) is 38.9 Å². The van der Waals surface area contributed by atoms with E-state index in [4.69, 9.17) is 10.5 Å². The van der Waals surface area contributed by atoms with E-state index in [9.17, 15) is 0 Å². The fraction of sp³-hybridized carbons (Fsp3) is 1.00. The van der Waals surface area contributed by atoms with Crippen molar-refractivity contribution in [1.82, 2.24) is 4.90 Å². The van der Waals surface area contributed by atoms with Crippen LogP contribution in [0.1, 0.15) is 26.7 Å². The molecule has 1 saturated heterocycles. The molecule has 0 bridgehead atoms. The molecule has 1 rings (SSSR count). The molecule has 1 aliphatic heterocycles. The van der Waals surface area contributed by atoms with E-state index in [1.807, 2.05) is 0 Å². The molecule has 13 heavy (non-hydrogen) atoms. The average Bonchev–Trinajstić information content (AvgIpc) is 2.03. The van der Waals surface area contributed by atoms with Crippen molar-refractivity contribution in [1.29, 1.82) is 0 Å². The van der Waals surface area contributed by atoms with Crippen LogP contribution in [0.3, 0.4) is 0 Å². The Labute approximate surface area is 81.2 Å². The molecular weight excluding hydrogens is 164 g/mol. The summed E-state index contributed by atoms with van der Waals surface area (Å²) in [5, 5.41) is 0. The van der Waals surface area contributed by atoms with E-state index >= 15 is 0 Å². The Balaban J connectivity index is 2.17. The molecule has 0 amide bonds. The molecule has 3 nitrogen and oxygen atoms in total. The quantitative estimate of drug-likeness (QED) is 0.661. The molecule has 78 valence electrons. The van der Waals surface area contributed by atoms with Gasteiger partial charge in [0.15, 0.2) is 0 Å². The van der Waals surface area contributed by atoms with Crippen molar-refractivity contribution in [3.05, 3.63) is 0 Å². The van der Waals surface area contributed by atoms with Gasteiger partial charge in [-0.1, -0.05) is 0 Å². The number of nitrogens with zero attached hydrogens (tertiary/aromatic N) is 1. The first-order valence-electron chi connectivity index (χ1n) is 5.30. The van der Waals surface area contributed by atoms with Crippen LogP contribution in [0.15, 0.2) is 0 Å². The van der Waals surface area contributed by atoms with E-state index in [1.165, 1.54) is 13.0 Å². The van der Waals surface area contributed by atoms with Crippen LogP contribution in [0, 0.1) is 0 Å². The van der Waals surface area contributed by atoms with Gasteiger partial charge < -0.3 is 10.5 Å². The third-order valence-electron chi connectivity index (χ3n) is 2.42. The molecule has 0 aromatic carbocycles. The number of unbranched alkanes of at least 4 members (excludes halogenated alkanes) is 1. The van der Waals surface area contributed by atoms with Gasteiger partial charge >= 0.3 is 0 Å².